The molecule has 11 heteroatoms. The molecule has 224 valence electrons. The SMILES string of the molecule is CC(C)[C@H](NC(=O)[C@H](C)NNc1ccc(COC(=O)C(C)(C)C)cc1)C(=O)C(=O)CCCCCN1C(=O)C=CC1=O. The highest BCUT2D eigenvalue weighted by molar-refractivity contribution is 6.39. The average Bonchev–Trinajstić information content (AvgIpc) is 3.24. The van der Waals surface area contributed by atoms with Crippen LogP contribution in [0.2, 0.25) is 0 Å². The van der Waals surface area contributed by atoms with Gasteiger partial charge in [0.05, 0.1) is 11.5 Å². The third-order valence-corrected chi connectivity index (χ3v) is 6.47. The van der Waals surface area contributed by atoms with Gasteiger partial charge in [-0.05, 0) is 64.2 Å². The third kappa shape index (κ3) is 10.6. The van der Waals surface area contributed by atoms with Crippen molar-refractivity contribution in [2.45, 2.75) is 85.9 Å². The number of nitrogens with one attached hydrogen (secondary N) is 3. The number of ketones is 2. The van der Waals surface area contributed by atoms with Crippen molar-refractivity contribution >= 4 is 40.9 Å². The molecule has 0 unspecified atom stereocenters. The molecule has 0 radical (unpaired) electrons. The van der Waals surface area contributed by atoms with Crippen LogP contribution in [0.4, 0.5) is 5.69 Å². The molecule has 1 aromatic carbocycles. The van der Waals surface area contributed by atoms with Crippen LogP contribution in [0.1, 0.15) is 72.8 Å². The summed E-state index contributed by atoms with van der Waals surface area (Å²) < 4.78 is 5.31. The highest BCUT2D eigenvalue weighted by Gasteiger charge is 2.30. The summed E-state index contributed by atoms with van der Waals surface area (Å²) in [6.07, 6.45) is 4.03. The van der Waals surface area contributed by atoms with Crippen LogP contribution in [0.3, 0.4) is 0 Å². The lowest BCUT2D eigenvalue weighted by Gasteiger charge is -2.23. The summed E-state index contributed by atoms with van der Waals surface area (Å²) >= 11 is 0. The summed E-state index contributed by atoms with van der Waals surface area (Å²) in [4.78, 5) is 74.4. The second kappa shape index (κ2) is 15.2. The van der Waals surface area contributed by atoms with Crippen LogP contribution in [0.5, 0.6) is 0 Å². The Bertz CT molecular complexity index is 1130. The van der Waals surface area contributed by atoms with E-state index in [9.17, 15) is 28.8 Å². The van der Waals surface area contributed by atoms with E-state index in [-0.39, 0.29) is 43.3 Å². The van der Waals surface area contributed by atoms with Gasteiger partial charge in [-0.25, -0.2) is 5.43 Å². The molecule has 2 rings (SSSR count). The maximum absolute atomic E-state index is 12.8. The second-order valence-corrected chi connectivity index (χ2v) is 11.5. The highest BCUT2D eigenvalue weighted by Crippen LogP contribution is 2.17. The summed E-state index contributed by atoms with van der Waals surface area (Å²) in [5.41, 5.74) is 6.74. The number of hydrogen-bond acceptors (Lipinski definition) is 9. The first-order chi connectivity index (χ1) is 19.2. The Morgan fingerprint density at radius 1 is 0.902 bits per heavy atom. The van der Waals surface area contributed by atoms with E-state index < -0.39 is 35.0 Å². The Kier molecular flexibility index (Phi) is 12.4. The molecule has 41 heavy (non-hydrogen) atoms. The number of benzene rings is 1. The van der Waals surface area contributed by atoms with Crippen molar-refractivity contribution in [1.29, 1.82) is 0 Å². The molecule has 1 aromatic rings. The number of carbonyl (C=O) groups excluding carboxylic acids is 6. The topological polar surface area (TPSA) is 151 Å². The highest BCUT2D eigenvalue weighted by atomic mass is 16.5. The van der Waals surface area contributed by atoms with Gasteiger partial charge in [-0.1, -0.05) is 32.4 Å². The molecule has 2 atom stereocenters. The normalized spacial score (nSPS) is 14.7. The zero-order valence-corrected chi connectivity index (χ0v) is 24.7. The van der Waals surface area contributed by atoms with E-state index in [4.69, 9.17) is 4.74 Å². The molecule has 1 aliphatic heterocycles. The van der Waals surface area contributed by atoms with E-state index >= 15 is 0 Å². The molecule has 0 fully saturated rings. The number of hydrazine groups is 1. The van der Waals surface area contributed by atoms with Gasteiger partial charge in [0, 0.05) is 30.8 Å². The number of nitrogens with zero attached hydrogens (tertiary/aromatic N) is 1. The molecule has 3 amide bonds. The van der Waals surface area contributed by atoms with Crippen molar-refractivity contribution in [3.05, 3.63) is 42.0 Å². The van der Waals surface area contributed by atoms with E-state index in [1.165, 1.54) is 12.2 Å². The minimum atomic E-state index is -0.958. The monoisotopic (exact) mass is 570 g/mol. The molecule has 11 nitrogen and oxygen atoms in total. The predicted octanol–water partition coefficient (Wildman–Crippen LogP) is 2.85. The van der Waals surface area contributed by atoms with Gasteiger partial charge in [-0.2, -0.15) is 0 Å². The number of Topliss-reactive ketones (excluding diaryl/α,β-unsaturated/α-hetero) is 2. The van der Waals surface area contributed by atoms with Crippen molar-refractivity contribution in [1.82, 2.24) is 15.6 Å². The van der Waals surface area contributed by atoms with Crippen LogP contribution in [-0.2, 0) is 40.1 Å². The Morgan fingerprint density at radius 2 is 1.51 bits per heavy atom. The molecule has 0 bridgehead atoms. The van der Waals surface area contributed by atoms with E-state index in [1.54, 1.807) is 65.8 Å². The predicted molar refractivity (Wildman–Crippen MR) is 153 cm³/mol. The summed E-state index contributed by atoms with van der Waals surface area (Å²) in [7, 11) is 0. The van der Waals surface area contributed by atoms with Crippen LogP contribution in [0.25, 0.3) is 0 Å². The molecule has 0 aliphatic carbocycles. The van der Waals surface area contributed by atoms with Crippen molar-refractivity contribution in [3.8, 4) is 0 Å². The Balaban J connectivity index is 1.76. The van der Waals surface area contributed by atoms with Crippen molar-refractivity contribution < 1.29 is 33.5 Å². The Hall–Kier alpha value is -3.86. The molecule has 1 heterocycles. The van der Waals surface area contributed by atoms with Gasteiger partial charge in [0.15, 0.2) is 0 Å². The number of rotatable bonds is 16. The summed E-state index contributed by atoms with van der Waals surface area (Å²) in [5.74, 6) is -2.93. The van der Waals surface area contributed by atoms with E-state index in [2.05, 4.69) is 16.2 Å². The molecule has 0 saturated heterocycles. The van der Waals surface area contributed by atoms with Crippen LogP contribution in [0.15, 0.2) is 36.4 Å². The van der Waals surface area contributed by atoms with Gasteiger partial charge < -0.3 is 15.5 Å². The average molecular weight is 571 g/mol. The van der Waals surface area contributed by atoms with Crippen molar-refractivity contribution in [2.24, 2.45) is 11.3 Å². The van der Waals surface area contributed by atoms with Crippen molar-refractivity contribution in [2.75, 3.05) is 12.0 Å². The minimum Gasteiger partial charge on any atom is -0.460 e. The van der Waals surface area contributed by atoms with Gasteiger partial charge in [0.2, 0.25) is 17.5 Å². The summed E-state index contributed by atoms with van der Waals surface area (Å²) in [6.45, 7) is 10.9. The number of carbonyl (C=O) groups is 6. The minimum absolute atomic E-state index is 0.0266. The molecule has 0 spiro atoms. The molecule has 3 N–H and O–H groups in total. The number of hydrogen-bond donors (Lipinski definition) is 3. The lowest BCUT2D eigenvalue weighted by molar-refractivity contribution is -0.154. The fourth-order valence-electron chi connectivity index (χ4n) is 3.80. The van der Waals surface area contributed by atoms with E-state index in [1.807, 2.05) is 0 Å². The van der Waals surface area contributed by atoms with Crippen LogP contribution < -0.4 is 16.2 Å². The lowest BCUT2D eigenvalue weighted by Crippen LogP contribution is -2.53. The zero-order chi connectivity index (χ0) is 30.7. The zero-order valence-electron chi connectivity index (χ0n) is 24.7. The number of amides is 3. The number of unbranched alkanes of at least 4 members (excludes halogenated alkanes) is 2. The van der Waals surface area contributed by atoms with Crippen molar-refractivity contribution in [3.63, 3.8) is 0 Å². The fourth-order valence-corrected chi connectivity index (χ4v) is 3.80. The first kappa shape index (κ1) is 33.3. The summed E-state index contributed by atoms with van der Waals surface area (Å²) in [6, 6.07) is 5.46. The Labute approximate surface area is 241 Å². The molecule has 0 saturated carbocycles. The van der Waals surface area contributed by atoms with Crippen LogP contribution in [-0.4, -0.2) is 58.8 Å². The first-order valence-corrected chi connectivity index (χ1v) is 13.9. The maximum atomic E-state index is 12.8. The number of ether oxygens (including phenoxy) is 1. The maximum Gasteiger partial charge on any atom is 0.311 e. The molecule has 1 aliphatic rings. The number of anilines is 1. The van der Waals surface area contributed by atoms with Gasteiger partial charge in [-0.15, -0.1) is 0 Å². The smallest absolute Gasteiger partial charge is 0.311 e. The quantitative estimate of drug-likeness (QED) is 0.0896. The third-order valence-electron chi connectivity index (χ3n) is 6.47. The van der Waals surface area contributed by atoms with Gasteiger partial charge >= 0.3 is 5.97 Å². The van der Waals surface area contributed by atoms with E-state index in [0.717, 1.165) is 10.5 Å². The van der Waals surface area contributed by atoms with E-state index in [0.29, 0.717) is 24.9 Å². The first-order valence-electron chi connectivity index (χ1n) is 13.9. The lowest BCUT2D eigenvalue weighted by atomic mass is 9.94. The molecule has 0 aromatic heterocycles. The number of esters is 1. The fraction of sp³-hybridized carbons (Fsp3) is 0.533. The summed E-state index contributed by atoms with van der Waals surface area (Å²) in [5, 5.41) is 2.68. The molecular weight excluding hydrogens is 528 g/mol. The largest absolute Gasteiger partial charge is 0.460 e. The van der Waals surface area contributed by atoms with Crippen LogP contribution in [0, 0.1) is 11.3 Å². The van der Waals surface area contributed by atoms with Gasteiger partial charge in [0.25, 0.3) is 11.8 Å². The van der Waals surface area contributed by atoms with Crippen LogP contribution >= 0.6 is 0 Å². The van der Waals surface area contributed by atoms with Gasteiger partial charge in [-0.3, -0.25) is 33.7 Å². The standard InChI is InChI=1S/C30H42N4O7/c1-19(2)26(27(38)23(35)10-8-7-9-17-34-24(36)15-16-25(34)37)31-28(39)20(3)32-33-22-13-11-21(12-14-22)18-41-29(40)30(4,5)6/h11-16,19-20,26,32-33H,7-10,17-18H2,1-6H3,(H,31,39)/t20-,26-/m0/s1. The Morgan fingerprint density at radius 3 is 2.07 bits per heavy atom. The van der Waals surface area contributed by atoms with Gasteiger partial charge in [0.1, 0.15) is 12.6 Å². The molecular formula is C30H42N4O7. The second-order valence-electron chi connectivity index (χ2n) is 11.5. The number of imide groups is 1.